The molecule has 0 aliphatic carbocycles. The molecule has 0 bridgehead atoms. The van der Waals surface area contributed by atoms with Gasteiger partial charge in [0.25, 0.3) is 0 Å². The molecule has 0 saturated heterocycles. The number of rotatable bonds is 3. The third-order valence-electron chi connectivity index (χ3n) is 2.86. The molecule has 20 heavy (non-hydrogen) atoms. The Balaban J connectivity index is 2.17. The number of carbonyl (C=O) groups excluding carboxylic acids is 1. The van der Waals surface area contributed by atoms with E-state index in [1.807, 2.05) is 30.3 Å². The number of esters is 1. The predicted octanol–water partition coefficient (Wildman–Crippen LogP) is 2.72. The molecule has 0 aromatic heterocycles. The molecule has 0 aliphatic heterocycles. The van der Waals surface area contributed by atoms with Crippen LogP contribution in [0.3, 0.4) is 0 Å². The van der Waals surface area contributed by atoms with Crippen molar-refractivity contribution >= 4 is 5.97 Å². The van der Waals surface area contributed by atoms with Gasteiger partial charge in [-0.05, 0) is 24.6 Å². The quantitative estimate of drug-likeness (QED) is 0.591. The van der Waals surface area contributed by atoms with Crippen LogP contribution >= 0.6 is 0 Å². The lowest BCUT2D eigenvalue weighted by atomic mass is 10.1. The standard InChI is InChI=1S/C15H14O5/c1-9(10-5-3-2-4-6-10)20-15(19)11-7-12(16)14(18)13(17)8-11/h2-9,16-18H,1H3. The summed E-state index contributed by atoms with van der Waals surface area (Å²) in [5.74, 6) is -2.53. The number of carbonyl (C=O) groups is 1. The van der Waals surface area contributed by atoms with E-state index in [0.717, 1.165) is 17.7 Å². The van der Waals surface area contributed by atoms with Gasteiger partial charge in [0.15, 0.2) is 17.2 Å². The van der Waals surface area contributed by atoms with Gasteiger partial charge in [-0.25, -0.2) is 4.79 Å². The Hall–Kier alpha value is -2.69. The highest BCUT2D eigenvalue weighted by Gasteiger charge is 2.17. The molecule has 3 N–H and O–H groups in total. The molecular formula is C15H14O5. The number of hydrogen-bond donors (Lipinski definition) is 3. The smallest absolute Gasteiger partial charge is 0.339 e. The van der Waals surface area contributed by atoms with Crippen molar-refractivity contribution < 1.29 is 24.9 Å². The second-order valence-corrected chi connectivity index (χ2v) is 4.32. The maximum Gasteiger partial charge on any atom is 0.339 e. The fraction of sp³-hybridized carbons (Fsp3) is 0.133. The fourth-order valence-electron chi connectivity index (χ4n) is 1.74. The van der Waals surface area contributed by atoms with Gasteiger partial charge in [0, 0.05) is 0 Å². The SMILES string of the molecule is CC(OC(=O)c1cc(O)c(O)c(O)c1)c1ccccc1. The second kappa shape index (κ2) is 5.52. The summed E-state index contributed by atoms with van der Waals surface area (Å²) < 4.78 is 5.23. The number of ether oxygens (including phenoxy) is 1. The average Bonchev–Trinajstić information content (AvgIpc) is 2.45. The number of hydrogen-bond acceptors (Lipinski definition) is 5. The lowest BCUT2D eigenvalue weighted by Crippen LogP contribution is -2.09. The summed E-state index contributed by atoms with van der Waals surface area (Å²) in [6.07, 6.45) is -0.471. The van der Waals surface area contributed by atoms with Crippen LogP contribution in [0, 0.1) is 0 Å². The zero-order chi connectivity index (χ0) is 14.7. The highest BCUT2D eigenvalue weighted by Crippen LogP contribution is 2.35. The molecular weight excluding hydrogens is 260 g/mol. The first kappa shape index (κ1) is 13.7. The average molecular weight is 274 g/mol. The summed E-state index contributed by atoms with van der Waals surface area (Å²) in [6.45, 7) is 1.72. The van der Waals surface area contributed by atoms with Crippen LogP contribution in [0.25, 0.3) is 0 Å². The van der Waals surface area contributed by atoms with E-state index in [2.05, 4.69) is 0 Å². The summed E-state index contributed by atoms with van der Waals surface area (Å²) in [5, 5.41) is 27.9. The molecule has 0 spiro atoms. The molecule has 104 valence electrons. The third kappa shape index (κ3) is 2.83. The minimum atomic E-state index is -0.702. The lowest BCUT2D eigenvalue weighted by molar-refractivity contribution is 0.0337. The molecule has 1 unspecified atom stereocenters. The van der Waals surface area contributed by atoms with Crippen molar-refractivity contribution in [1.29, 1.82) is 0 Å². The van der Waals surface area contributed by atoms with Crippen molar-refractivity contribution in [3.05, 3.63) is 53.6 Å². The molecule has 0 radical (unpaired) electrons. The van der Waals surface area contributed by atoms with E-state index in [0.29, 0.717) is 0 Å². The Kier molecular flexibility index (Phi) is 3.79. The zero-order valence-corrected chi connectivity index (χ0v) is 10.8. The number of phenols is 3. The summed E-state index contributed by atoms with van der Waals surface area (Å²) in [5.41, 5.74) is 0.786. The van der Waals surface area contributed by atoms with Crippen molar-refractivity contribution in [3.63, 3.8) is 0 Å². The minimum absolute atomic E-state index is 0.0411. The Morgan fingerprint density at radius 2 is 1.60 bits per heavy atom. The molecule has 0 aliphatic rings. The van der Waals surface area contributed by atoms with E-state index in [4.69, 9.17) is 4.74 Å². The van der Waals surface area contributed by atoms with E-state index < -0.39 is 29.3 Å². The summed E-state index contributed by atoms with van der Waals surface area (Å²) in [6, 6.07) is 11.2. The van der Waals surface area contributed by atoms with Gasteiger partial charge >= 0.3 is 5.97 Å². The van der Waals surface area contributed by atoms with Gasteiger partial charge in [-0.1, -0.05) is 30.3 Å². The Labute approximate surface area is 115 Å². The van der Waals surface area contributed by atoms with Crippen LogP contribution < -0.4 is 0 Å². The molecule has 0 amide bonds. The number of phenolic OH excluding ortho intramolecular Hbond substituents is 3. The third-order valence-corrected chi connectivity index (χ3v) is 2.86. The first-order chi connectivity index (χ1) is 9.49. The van der Waals surface area contributed by atoms with Crippen molar-refractivity contribution in [1.82, 2.24) is 0 Å². The number of benzene rings is 2. The summed E-state index contributed by atoms with van der Waals surface area (Å²) >= 11 is 0. The van der Waals surface area contributed by atoms with E-state index in [1.54, 1.807) is 6.92 Å². The lowest BCUT2D eigenvalue weighted by Gasteiger charge is -2.14. The topological polar surface area (TPSA) is 87.0 Å². The second-order valence-electron chi connectivity index (χ2n) is 4.32. The summed E-state index contributed by atoms with van der Waals surface area (Å²) in [4.78, 5) is 11.9. The van der Waals surface area contributed by atoms with Crippen LogP contribution in [0.2, 0.25) is 0 Å². The maximum atomic E-state index is 11.9. The van der Waals surface area contributed by atoms with E-state index in [1.165, 1.54) is 0 Å². The molecule has 2 aromatic rings. The van der Waals surface area contributed by atoms with Gasteiger partial charge in [-0.2, -0.15) is 0 Å². The minimum Gasteiger partial charge on any atom is -0.504 e. The Morgan fingerprint density at radius 3 is 2.15 bits per heavy atom. The fourth-order valence-corrected chi connectivity index (χ4v) is 1.74. The van der Waals surface area contributed by atoms with Gasteiger partial charge in [-0.15, -0.1) is 0 Å². The molecule has 0 saturated carbocycles. The van der Waals surface area contributed by atoms with Gasteiger partial charge in [0.05, 0.1) is 5.56 Å². The highest BCUT2D eigenvalue weighted by atomic mass is 16.5. The van der Waals surface area contributed by atoms with Crippen molar-refractivity contribution in [3.8, 4) is 17.2 Å². The molecule has 5 heteroatoms. The number of aromatic hydroxyl groups is 3. The first-order valence-electron chi connectivity index (χ1n) is 6.00. The Morgan fingerprint density at radius 1 is 1.05 bits per heavy atom. The molecule has 1 atom stereocenters. The van der Waals surface area contributed by atoms with Crippen molar-refractivity contribution in [2.24, 2.45) is 0 Å². The zero-order valence-electron chi connectivity index (χ0n) is 10.8. The van der Waals surface area contributed by atoms with E-state index in [9.17, 15) is 20.1 Å². The van der Waals surface area contributed by atoms with Gasteiger partial charge in [-0.3, -0.25) is 0 Å². The Bertz CT molecular complexity index is 598. The van der Waals surface area contributed by atoms with E-state index in [-0.39, 0.29) is 5.56 Å². The van der Waals surface area contributed by atoms with Crippen LogP contribution in [0.5, 0.6) is 17.2 Å². The predicted molar refractivity (Wildman–Crippen MR) is 71.7 cm³/mol. The van der Waals surface area contributed by atoms with Gasteiger partial charge in [0.1, 0.15) is 6.10 Å². The van der Waals surface area contributed by atoms with Crippen molar-refractivity contribution in [2.75, 3.05) is 0 Å². The first-order valence-corrected chi connectivity index (χ1v) is 6.00. The van der Waals surface area contributed by atoms with Crippen LogP contribution in [0.15, 0.2) is 42.5 Å². The van der Waals surface area contributed by atoms with E-state index >= 15 is 0 Å². The molecule has 0 heterocycles. The molecule has 2 aromatic carbocycles. The molecule has 0 fully saturated rings. The van der Waals surface area contributed by atoms with Crippen LogP contribution in [0.1, 0.15) is 28.9 Å². The normalized spacial score (nSPS) is 11.8. The highest BCUT2D eigenvalue weighted by molar-refractivity contribution is 5.91. The van der Waals surface area contributed by atoms with Crippen LogP contribution in [0.4, 0.5) is 0 Å². The molecule has 2 rings (SSSR count). The maximum absolute atomic E-state index is 11.9. The monoisotopic (exact) mass is 274 g/mol. The van der Waals surface area contributed by atoms with Crippen LogP contribution in [-0.2, 0) is 4.74 Å². The van der Waals surface area contributed by atoms with Gasteiger partial charge < -0.3 is 20.1 Å². The summed E-state index contributed by atoms with van der Waals surface area (Å²) in [7, 11) is 0. The molecule has 5 nitrogen and oxygen atoms in total. The van der Waals surface area contributed by atoms with Crippen LogP contribution in [-0.4, -0.2) is 21.3 Å². The van der Waals surface area contributed by atoms with Crippen molar-refractivity contribution in [2.45, 2.75) is 13.0 Å². The van der Waals surface area contributed by atoms with Gasteiger partial charge in [0.2, 0.25) is 0 Å². The largest absolute Gasteiger partial charge is 0.504 e.